The highest BCUT2D eigenvalue weighted by atomic mass is 35.5. The van der Waals surface area contributed by atoms with Gasteiger partial charge >= 0.3 is 0 Å². The summed E-state index contributed by atoms with van der Waals surface area (Å²) >= 11 is 6.15. The zero-order valence-corrected chi connectivity index (χ0v) is 32.0. The zero-order valence-electron chi connectivity index (χ0n) is 28.0. The molecule has 5 aromatic carbocycles. The molecule has 56 heavy (non-hydrogen) atoms. The Bertz CT molecular complexity index is 3130. The van der Waals surface area contributed by atoms with Crippen LogP contribution in [0.25, 0.3) is 21.5 Å². The van der Waals surface area contributed by atoms with Crippen LogP contribution in [0.3, 0.4) is 0 Å². The fourth-order valence-electron chi connectivity index (χ4n) is 5.50. The summed E-state index contributed by atoms with van der Waals surface area (Å²) < 4.78 is 127. The Kier molecular flexibility index (Phi) is 10.3. The molecule has 290 valence electrons. The van der Waals surface area contributed by atoms with E-state index in [0.717, 1.165) is 47.9 Å². The third-order valence-corrected chi connectivity index (χ3v) is 12.1. The van der Waals surface area contributed by atoms with Crippen molar-refractivity contribution in [3.05, 3.63) is 95.6 Å². The molecule has 19 nitrogen and oxygen atoms in total. The lowest BCUT2D eigenvalue weighted by molar-refractivity contribution is 0.480. The number of phenolic OH excluding ortho intramolecular Hbond substituents is 1. The predicted octanol–water partition coefficient (Wildman–Crippen LogP) is 6.41. The van der Waals surface area contributed by atoms with Crippen LogP contribution >= 0.6 is 11.6 Å². The predicted molar refractivity (Wildman–Crippen MR) is 203 cm³/mol. The summed E-state index contributed by atoms with van der Waals surface area (Å²) in [6.07, 6.45) is 0. The lowest BCUT2D eigenvalue weighted by Gasteiger charge is -2.15. The standard InChI is InChI=1S/C32H24ClN7O12S4/c1-3-53(42,43)19-9-7-18(8-10-19)34-31-36-30(33)37-32(38-31)35-24-15-20(54(44,45)46)14-17-13-16(2)27(28(41)26(17)24)40-39-23-12-11-21-22(29(23)56(50,51)52)5-4-6-25(21)55(47,48)49/h3-15,41H,1H2,2H3,(H,44,45,46)(H,47,48,49)(H,50,51,52)(H2,34,35,36,37,38). The first-order valence-electron chi connectivity index (χ1n) is 15.2. The second-order valence-electron chi connectivity index (χ2n) is 11.6. The SMILES string of the molecule is C=CS(=O)(=O)c1ccc(Nc2nc(Cl)nc(Nc3cc(S(=O)(=O)O)cc4cc(C)c(N=Nc5ccc6c(S(=O)(=O)O)cccc6c5S(=O)(=O)O)c(O)c34)n2)cc1. The molecule has 6 aromatic rings. The first-order valence-corrected chi connectivity index (χ1v) is 21.4. The number of rotatable bonds is 11. The number of aromatic nitrogens is 3. The van der Waals surface area contributed by atoms with Crippen LogP contribution in [0.4, 0.5) is 34.6 Å². The maximum absolute atomic E-state index is 12.6. The van der Waals surface area contributed by atoms with Crippen LogP contribution in [0.5, 0.6) is 5.75 Å². The number of phenols is 1. The lowest BCUT2D eigenvalue weighted by atomic mass is 10.0. The van der Waals surface area contributed by atoms with E-state index in [1.165, 1.54) is 37.3 Å². The van der Waals surface area contributed by atoms with Gasteiger partial charge in [0.15, 0.2) is 15.6 Å². The Morgan fingerprint density at radius 3 is 2.00 bits per heavy atom. The largest absolute Gasteiger partial charge is 0.505 e. The number of aromatic hydroxyl groups is 1. The maximum Gasteiger partial charge on any atom is 0.297 e. The summed E-state index contributed by atoms with van der Waals surface area (Å²) in [7, 11) is -18.5. The highest BCUT2D eigenvalue weighted by molar-refractivity contribution is 7.94. The van der Waals surface area contributed by atoms with Crippen molar-refractivity contribution in [3.63, 3.8) is 0 Å². The fraction of sp³-hybridized carbons (Fsp3) is 0.0312. The van der Waals surface area contributed by atoms with Gasteiger partial charge in [0.05, 0.1) is 15.5 Å². The molecule has 0 amide bonds. The molecule has 0 aliphatic carbocycles. The van der Waals surface area contributed by atoms with E-state index in [9.17, 15) is 52.4 Å². The van der Waals surface area contributed by atoms with E-state index < -0.39 is 66.3 Å². The average Bonchev–Trinajstić information content (AvgIpc) is 3.09. The molecular formula is C32H24ClN7O12S4. The van der Waals surface area contributed by atoms with Crippen molar-refractivity contribution >= 4 is 108 Å². The van der Waals surface area contributed by atoms with Crippen molar-refractivity contribution in [1.82, 2.24) is 15.0 Å². The summed E-state index contributed by atoms with van der Waals surface area (Å²) in [5.74, 6) is -1.12. The summed E-state index contributed by atoms with van der Waals surface area (Å²) in [6.45, 7) is 4.72. The smallest absolute Gasteiger partial charge is 0.297 e. The number of hydrogen-bond acceptors (Lipinski definition) is 16. The molecule has 6 rings (SSSR count). The number of aryl methyl sites for hydroxylation is 1. The second kappa shape index (κ2) is 14.4. The van der Waals surface area contributed by atoms with Crippen molar-refractivity contribution in [2.45, 2.75) is 26.5 Å². The van der Waals surface area contributed by atoms with Gasteiger partial charge in [-0.1, -0.05) is 24.8 Å². The van der Waals surface area contributed by atoms with Gasteiger partial charge in [-0.15, -0.1) is 10.2 Å². The number of halogens is 1. The Labute approximate surface area is 322 Å². The summed E-state index contributed by atoms with van der Waals surface area (Å²) in [5.41, 5.74) is -0.528. The number of benzene rings is 5. The molecule has 6 N–H and O–H groups in total. The van der Waals surface area contributed by atoms with Gasteiger partial charge in [0, 0.05) is 27.3 Å². The minimum absolute atomic E-state index is 0.0287. The average molecular weight is 862 g/mol. The molecule has 1 heterocycles. The molecule has 24 heteroatoms. The van der Waals surface area contributed by atoms with Gasteiger partial charge in [-0.3, -0.25) is 13.7 Å². The van der Waals surface area contributed by atoms with Crippen LogP contribution in [0.2, 0.25) is 5.28 Å². The Morgan fingerprint density at radius 1 is 0.732 bits per heavy atom. The van der Waals surface area contributed by atoms with Gasteiger partial charge in [0.1, 0.15) is 21.2 Å². The molecule has 0 aliphatic rings. The van der Waals surface area contributed by atoms with E-state index in [2.05, 4.69) is 42.4 Å². The van der Waals surface area contributed by atoms with E-state index in [0.29, 0.717) is 5.69 Å². The number of hydrogen-bond donors (Lipinski definition) is 6. The van der Waals surface area contributed by atoms with E-state index in [4.69, 9.17) is 11.6 Å². The van der Waals surface area contributed by atoms with Crippen LogP contribution in [-0.2, 0) is 40.2 Å². The Hall–Kier alpha value is -5.66. The molecule has 0 atom stereocenters. The van der Waals surface area contributed by atoms with Crippen LogP contribution in [-0.4, -0.2) is 67.4 Å². The molecule has 0 aliphatic heterocycles. The topological polar surface area (TPSA) is 305 Å². The van der Waals surface area contributed by atoms with Crippen LogP contribution in [0.1, 0.15) is 5.56 Å². The van der Waals surface area contributed by atoms with E-state index in [1.54, 1.807) is 0 Å². The monoisotopic (exact) mass is 861 g/mol. The molecule has 0 spiro atoms. The van der Waals surface area contributed by atoms with Crippen molar-refractivity contribution in [1.29, 1.82) is 0 Å². The summed E-state index contributed by atoms with van der Waals surface area (Å²) in [4.78, 5) is 10.0. The van der Waals surface area contributed by atoms with Crippen LogP contribution in [0.15, 0.2) is 115 Å². The van der Waals surface area contributed by atoms with Crippen molar-refractivity contribution in [3.8, 4) is 5.75 Å². The third-order valence-electron chi connectivity index (χ3n) is 7.90. The quantitative estimate of drug-likeness (QED) is 0.0606. The molecule has 0 radical (unpaired) electrons. The molecular weight excluding hydrogens is 838 g/mol. The fourth-order valence-corrected chi connectivity index (χ4v) is 8.45. The maximum atomic E-state index is 12.6. The molecule has 1 aromatic heterocycles. The van der Waals surface area contributed by atoms with Crippen molar-refractivity contribution in [2.24, 2.45) is 10.2 Å². The van der Waals surface area contributed by atoms with Gasteiger partial charge < -0.3 is 15.7 Å². The molecule has 0 unspecified atom stereocenters. The third kappa shape index (κ3) is 8.14. The van der Waals surface area contributed by atoms with Crippen LogP contribution < -0.4 is 10.6 Å². The number of azo groups is 1. The first kappa shape index (κ1) is 40.0. The molecule has 0 bridgehead atoms. The highest BCUT2D eigenvalue weighted by Crippen LogP contribution is 2.45. The minimum Gasteiger partial charge on any atom is -0.505 e. The first-order chi connectivity index (χ1) is 26.1. The van der Waals surface area contributed by atoms with Gasteiger partial charge in [-0.25, -0.2) is 8.42 Å². The highest BCUT2D eigenvalue weighted by Gasteiger charge is 2.25. The number of sulfone groups is 1. The van der Waals surface area contributed by atoms with Gasteiger partial charge in [0.2, 0.25) is 17.2 Å². The zero-order chi connectivity index (χ0) is 41.0. The Balaban J connectivity index is 1.46. The van der Waals surface area contributed by atoms with Crippen LogP contribution in [0, 0.1) is 6.92 Å². The second-order valence-corrected chi connectivity index (χ2v) is 18.0. The van der Waals surface area contributed by atoms with Gasteiger partial charge in [0.25, 0.3) is 30.4 Å². The number of nitrogens with zero attached hydrogens (tertiary/aromatic N) is 5. The minimum atomic E-state index is -5.12. The number of nitrogens with one attached hydrogen (secondary N) is 2. The van der Waals surface area contributed by atoms with E-state index >= 15 is 0 Å². The number of anilines is 4. The lowest BCUT2D eigenvalue weighted by Crippen LogP contribution is -2.06. The number of fused-ring (bicyclic) bond motifs is 2. The molecule has 0 saturated heterocycles. The normalized spacial score (nSPS) is 12.7. The molecule has 0 saturated carbocycles. The summed E-state index contributed by atoms with van der Waals surface area (Å²) in [6, 6.07) is 14.2. The van der Waals surface area contributed by atoms with Gasteiger partial charge in [-0.05, 0) is 84.1 Å². The van der Waals surface area contributed by atoms with Crippen molar-refractivity contribution < 1.29 is 52.4 Å². The van der Waals surface area contributed by atoms with E-state index in [-0.39, 0.29) is 60.6 Å². The van der Waals surface area contributed by atoms with E-state index in [1.807, 2.05) is 0 Å². The van der Waals surface area contributed by atoms with Gasteiger partial charge in [-0.2, -0.15) is 40.2 Å². The van der Waals surface area contributed by atoms with Crippen molar-refractivity contribution in [2.75, 3.05) is 10.6 Å². The Morgan fingerprint density at radius 2 is 1.39 bits per heavy atom. The summed E-state index contributed by atoms with van der Waals surface area (Å²) in [5, 5.41) is 24.8. The molecule has 0 fully saturated rings.